The van der Waals surface area contributed by atoms with E-state index in [-0.39, 0.29) is 0 Å². The van der Waals surface area contributed by atoms with Gasteiger partial charge in [-0.1, -0.05) is 69.9 Å². The molecule has 0 aliphatic rings. The minimum absolute atomic E-state index is 0.738. The zero-order valence-electron chi connectivity index (χ0n) is 13.5. The van der Waals surface area contributed by atoms with Gasteiger partial charge in [0.1, 0.15) is 0 Å². The first-order valence-electron chi connectivity index (χ1n) is 8.64. The molecule has 114 valence electrons. The minimum atomic E-state index is 0.738. The predicted octanol–water partition coefficient (Wildman–Crippen LogP) is 5.52. The van der Waals surface area contributed by atoms with Crippen LogP contribution in [0.15, 0.2) is 30.3 Å². The van der Waals surface area contributed by atoms with Crippen molar-refractivity contribution >= 4 is 0 Å². The molecular weight excluding hydrogens is 242 g/mol. The third-order valence-corrected chi connectivity index (χ3v) is 4.13. The molecule has 1 nitrogen and oxygen atoms in total. The van der Waals surface area contributed by atoms with Gasteiger partial charge in [0.2, 0.25) is 0 Å². The second-order valence-corrected chi connectivity index (χ2v) is 5.82. The summed E-state index contributed by atoms with van der Waals surface area (Å²) in [7, 11) is 0. The molecule has 1 atom stereocenters. The summed E-state index contributed by atoms with van der Waals surface area (Å²) in [6.07, 6.45) is 10.7. The molecule has 1 unspecified atom stereocenters. The Morgan fingerprint density at radius 1 is 0.850 bits per heavy atom. The van der Waals surface area contributed by atoms with E-state index in [0.717, 1.165) is 5.92 Å². The summed E-state index contributed by atoms with van der Waals surface area (Å²) in [4.78, 5) is 0. The number of unbranched alkanes of at least 4 members (excludes halogenated alkanes) is 4. The van der Waals surface area contributed by atoms with E-state index in [1.54, 1.807) is 0 Å². The Balaban J connectivity index is 2.02. The number of benzene rings is 1. The predicted molar refractivity (Wildman–Crippen MR) is 90.3 cm³/mol. The lowest BCUT2D eigenvalue weighted by Gasteiger charge is -2.15. The average molecular weight is 275 g/mol. The van der Waals surface area contributed by atoms with Gasteiger partial charge in [0.05, 0.1) is 0 Å². The van der Waals surface area contributed by atoms with Crippen molar-refractivity contribution < 1.29 is 0 Å². The summed E-state index contributed by atoms with van der Waals surface area (Å²) in [6, 6.07) is 11.0. The van der Waals surface area contributed by atoms with Crippen LogP contribution in [0.4, 0.5) is 0 Å². The van der Waals surface area contributed by atoms with E-state index in [9.17, 15) is 0 Å². The molecule has 0 heterocycles. The second kappa shape index (κ2) is 12.0. The minimum Gasteiger partial charge on any atom is -0.317 e. The molecule has 0 radical (unpaired) electrons. The van der Waals surface area contributed by atoms with Gasteiger partial charge in [-0.2, -0.15) is 0 Å². The topological polar surface area (TPSA) is 12.0 Å². The normalized spacial score (nSPS) is 12.5. The Labute approximate surface area is 126 Å². The fraction of sp³-hybridized carbons (Fsp3) is 0.684. The van der Waals surface area contributed by atoms with Crippen LogP contribution < -0.4 is 5.32 Å². The largest absolute Gasteiger partial charge is 0.317 e. The summed E-state index contributed by atoms with van der Waals surface area (Å²) >= 11 is 0. The molecule has 0 saturated heterocycles. The van der Waals surface area contributed by atoms with Gasteiger partial charge in [0, 0.05) is 0 Å². The van der Waals surface area contributed by atoms with Crippen LogP contribution in [-0.2, 0) is 0 Å². The van der Waals surface area contributed by atoms with Crippen LogP contribution in [0.5, 0.6) is 0 Å². The van der Waals surface area contributed by atoms with Crippen molar-refractivity contribution in [2.75, 3.05) is 13.1 Å². The number of rotatable bonds is 12. The molecular formula is C19H33N. The molecule has 0 aliphatic heterocycles. The van der Waals surface area contributed by atoms with Gasteiger partial charge in [-0.15, -0.1) is 0 Å². The van der Waals surface area contributed by atoms with Gasteiger partial charge >= 0.3 is 0 Å². The van der Waals surface area contributed by atoms with E-state index in [1.165, 1.54) is 70.0 Å². The molecule has 20 heavy (non-hydrogen) atoms. The first-order chi connectivity index (χ1) is 9.88. The molecule has 0 aromatic heterocycles. The molecule has 1 heteroatoms. The molecule has 1 aromatic carbocycles. The molecule has 0 spiro atoms. The highest BCUT2D eigenvalue weighted by molar-refractivity contribution is 5.19. The average Bonchev–Trinajstić information content (AvgIpc) is 2.50. The first kappa shape index (κ1) is 17.2. The summed E-state index contributed by atoms with van der Waals surface area (Å²) < 4.78 is 0. The lowest BCUT2D eigenvalue weighted by molar-refractivity contribution is 0.529. The van der Waals surface area contributed by atoms with E-state index in [2.05, 4.69) is 49.5 Å². The van der Waals surface area contributed by atoms with E-state index in [0.29, 0.717) is 0 Å². The molecule has 1 N–H and O–H groups in total. The van der Waals surface area contributed by atoms with Crippen molar-refractivity contribution in [3.8, 4) is 0 Å². The fourth-order valence-electron chi connectivity index (χ4n) is 2.78. The third kappa shape index (κ3) is 7.69. The van der Waals surface area contributed by atoms with Gasteiger partial charge in [-0.05, 0) is 50.3 Å². The smallest absolute Gasteiger partial charge is 0.00487 e. The highest BCUT2D eigenvalue weighted by atomic mass is 14.8. The Bertz CT molecular complexity index is 307. The van der Waals surface area contributed by atoms with Crippen LogP contribution in [0.3, 0.4) is 0 Å². The van der Waals surface area contributed by atoms with Crippen molar-refractivity contribution in [2.45, 2.75) is 71.1 Å². The highest BCUT2D eigenvalue weighted by Gasteiger charge is 2.07. The van der Waals surface area contributed by atoms with E-state index < -0.39 is 0 Å². The van der Waals surface area contributed by atoms with Crippen LogP contribution >= 0.6 is 0 Å². The Morgan fingerprint density at radius 2 is 1.55 bits per heavy atom. The van der Waals surface area contributed by atoms with Crippen LogP contribution in [0, 0.1) is 0 Å². The molecule has 0 aliphatic carbocycles. The highest BCUT2D eigenvalue weighted by Crippen LogP contribution is 2.23. The van der Waals surface area contributed by atoms with Crippen molar-refractivity contribution in [3.05, 3.63) is 35.9 Å². The Morgan fingerprint density at radius 3 is 2.25 bits per heavy atom. The zero-order valence-corrected chi connectivity index (χ0v) is 13.5. The molecule has 1 rings (SSSR count). The summed E-state index contributed by atoms with van der Waals surface area (Å²) in [5.41, 5.74) is 1.51. The maximum atomic E-state index is 3.59. The fourth-order valence-corrected chi connectivity index (χ4v) is 2.78. The van der Waals surface area contributed by atoms with Gasteiger partial charge < -0.3 is 5.32 Å². The van der Waals surface area contributed by atoms with Crippen LogP contribution in [0.2, 0.25) is 0 Å². The summed E-state index contributed by atoms with van der Waals surface area (Å²) in [5, 5.41) is 3.59. The summed E-state index contributed by atoms with van der Waals surface area (Å²) in [6.45, 7) is 6.96. The Kier molecular flexibility index (Phi) is 10.3. The van der Waals surface area contributed by atoms with Crippen molar-refractivity contribution in [3.63, 3.8) is 0 Å². The van der Waals surface area contributed by atoms with E-state index in [4.69, 9.17) is 0 Å². The van der Waals surface area contributed by atoms with Gasteiger partial charge in [-0.25, -0.2) is 0 Å². The van der Waals surface area contributed by atoms with Gasteiger partial charge in [-0.3, -0.25) is 0 Å². The molecule has 1 aromatic rings. The van der Waals surface area contributed by atoms with Crippen LogP contribution in [0.25, 0.3) is 0 Å². The van der Waals surface area contributed by atoms with Crippen molar-refractivity contribution in [2.24, 2.45) is 0 Å². The number of hydrogen-bond donors (Lipinski definition) is 1. The molecule has 0 fully saturated rings. The molecule has 0 bridgehead atoms. The van der Waals surface area contributed by atoms with E-state index in [1.807, 2.05) is 0 Å². The van der Waals surface area contributed by atoms with Gasteiger partial charge in [0.15, 0.2) is 0 Å². The summed E-state index contributed by atoms with van der Waals surface area (Å²) in [5.74, 6) is 0.738. The quantitative estimate of drug-likeness (QED) is 0.495. The number of nitrogens with one attached hydrogen (secondary N) is 1. The van der Waals surface area contributed by atoms with Crippen molar-refractivity contribution in [1.29, 1.82) is 0 Å². The Hall–Kier alpha value is -0.820. The second-order valence-electron chi connectivity index (χ2n) is 5.82. The zero-order chi connectivity index (χ0) is 14.5. The molecule has 0 saturated carbocycles. The van der Waals surface area contributed by atoms with Gasteiger partial charge in [0.25, 0.3) is 0 Å². The number of hydrogen-bond acceptors (Lipinski definition) is 1. The van der Waals surface area contributed by atoms with Crippen LogP contribution in [-0.4, -0.2) is 13.1 Å². The SMILES string of the molecule is CCCCCCCNCCCC(CC)c1ccccc1. The maximum Gasteiger partial charge on any atom is -0.00487 e. The van der Waals surface area contributed by atoms with Crippen LogP contribution in [0.1, 0.15) is 76.7 Å². The van der Waals surface area contributed by atoms with Crippen molar-refractivity contribution in [1.82, 2.24) is 5.32 Å². The first-order valence-corrected chi connectivity index (χ1v) is 8.64. The third-order valence-electron chi connectivity index (χ3n) is 4.13. The monoisotopic (exact) mass is 275 g/mol. The maximum absolute atomic E-state index is 3.59. The molecule has 0 amide bonds. The van der Waals surface area contributed by atoms with E-state index >= 15 is 0 Å². The lowest BCUT2D eigenvalue weighted by atomic mass is 9.92. The lowest BCUT2D eigenvalue weighted by Crippen LogP contribution is -2.17. The standard InChI is InChI=1S/C19H33N/c1-3-5-6-7-11-16-20-17-12-15-18(4-2)19-13-9-8-10-14-19/h8-10,13-14,18,20H,3-7,11-12,15-17H2,1-2H3.